The smallest absolute Gasteiger partial charge is 0.330 e. The third kappa shape index (κ3) is 6.65. The van der Waals surface area contributed by atoms with Gasteiger partial charge in [0, 0.05) is 35.6 Å². The van der Waals surface area contributed by atoms with Crippen molar-refractivity contribution in [1.82, 2.24) is 14.9 Å². The summed E-state index contributed by atoms with van der Waals surface area (Å²) in [5.74, 6) is -0.0317. The van der Waals surface area contributed by atoms with Gasteiger partial charge in [-0.25, -0.2) is 22.6 Å². The monoisotopic (exact) mass is 595 g/mol. The van der Waals surface area contributed by atoms with Gasteiger partial charge < -0.3 is 10.2 Å². The highest BCUT2D eigenvalue weighted by Gasteiger charge is 2.35. The Morgan fingerprint density at radius 1 is 1.07 bits per heavy atom. The van der Waals surface area contributed by atoms with Gasteiger partial charge in [-0.1, -0.05) is 30.3 Å². The molecule has 5 rings (SSSR count). The lowest BCUT2D eigenvalue weighted by atomic mass is 9.91. The quantitative estimate of drug-likeness (QED) is 0.350. The number of aromatic nitrogens is 2. The average molecular weight is 596 g/mol. The van der Waals surface area contributed by atoms with Crippen LogP contribution in [-0.2, 0) is 22.3 Å². The summed E-state index contributed by atoms with van der Waals surface area (Å²) in [5, 5.41) is 3.46. The number of rotatable bonds is 9. The van der Waals surface area contributed by atoms with E-state index in [2.05, 4.69) is 34.0 Å². The lowest BCUT2D eigenvalue weighted by molar-refractivity contribution is 0.221. The van der Waals surface area contributed by atoms with Crippen LogP contribution in [0.1, 0.15) is 50.7 Å². The van der Waals surface area contributed by atoms with Crippen LogP contribution >= 0.6 is 0 Å². The molecule has 0 radical (unpaired) electrons. The van der Waals surface area contributed by atoms with E-state index >= 15 is 4.39 Å². The second-order valence-electron chi connectivity index (χ2n) is 11.5. The van der Waals surface area contributed by atoms with Crippen molar-refractivity contribution in [3.05, 3.63) is 71.7 Å². The number of benzene rings is 2. The molecule has 1 fully saturated rings. The first-order valence-corrected chi connectivity index (χ1v) is 15.9. The van der Waals surface area contributed by atoms with Crippen LogP contribution in [0.5, 0.6) is 0 Å². The van der Waals surface area contributed by atoms with Gasteiger partial charge in [0.2, 0.25) is 16.0 Å². The largest absolute Gasteiger partial charge is 0.351 e. The van der Waals surface area contributed by atoms with E-state index in [0.29, 0.717) is 29.1 Å². The van der Waals surface area contributed by atoms with Crippen molar-refractivity contribution >= 4 is 39.2 Å². The number of nitrogens with zero attached hydrogens (tertiary/aromatic N) is 5. The van der Waals surface area contributed by atoms with Gasteiger partial charge in [-0.3, -0.25) is 14.5 Å². The molecule has 1 aliphatic carbocycles. The van der Waals surface area contributed by atoms with E-state index < -0.39 is 15.8 Å². The number of anilines is 4. The highest BCUT2D eigenvalue weighted by Crippen LogP contribution is 2.34. The summed E-state index contributed by atoms with van der Waals surface area (Å²) in [6.45, 7) is 3.95. The lowest BCUT2D eigenvalue weighted by Crippen LogP contribution is -2.51. The first kappa shape index (κ1) is 29.7. The van der Waals surface area contributed by atoms with Crippen molar-refractivity contribution < 1.29 is 17.6 Å². The Balaban J connectivity index is 1.32. The Kier molecular flexibility index (Phi) is 8.65. The zero-order chi connectivity index (χ0) is 30.0. The Hall–Kier alpha value is -3.77. The van der Waals surface area contributed by atoms with Gasteiger partial charge in [-0.2, -0.15) is 4.98 Å². The zero-order valence-electron chi connectivity index (χ0n) is 24.4. The van der Waals surface area contributed by atoms with Crippen molar-refractivity contribution in [2.45, 2.75) is 70.0 Å². The molecule has 2 heterocycles. The predicted octanol–water partition coefficient (Wildman–Crippen LogP) is 5.20. The first-order valence-electron chi connectivity index (χ1n) is 14.2. The van der Waals surface area contributed by atoms with Gasteiger partial charge in [-0.15, -0.1) is 0 Å². The molecule has 0 spiro atoms. The Morgan fingerprint density at radius 3 is 2.43 bits per heavy atom. The summed E-state index contributed by atoms with van der Waals surface area (Å²) in [4.78, 5) is 28.3. The summed E-state index contributed by atoms with van der Waals surface area (Å²) >= 11 is 0. The Labute approximate surface area is 247 Å². The minimum absolute atomic E-state index is 0.157. The number of hydrogen-bond donors (Lipinski definition) is 2. The summed E-state index contributed by atoms with van der Waals surface area (Å²) in [6.07, 6.45) is 5.96. The van der Waals surface area contributed by atoms with Crippen LogP contribution in [0.4, 0.5) is 32.3 Å². The number of sulfonamides is 1. The van der Waals surface area contributed by atoms with E-state index in [-0.39, 0.29) is 36.1 Å². The standard InChI is InChI=1S/C30H38FN7O3S/c1-20(2)38-28-22(17-32-29(34-28)33-23-10-12-24(13-11-23)36(3)4)18-37(30(38)39)25-14-15-27(26(31)16-25)35-42(40,41)19-21-8-6-5-7-9-21/h5-9,14-17,20,23-24,35H,10-13,18-19H2,1-4H3,(H,32,33,34). The minimum Gasteiger partial charge on any atom is -0.351 e. The lowest BCUT2D eigenvalue weighted by Gasteiger charge is -2.38. The van der Waals surface area contributed by atoms with Crippen LogP contribution in [-0.4, -0.2) is 61.5 Å². The highest BCUT2D eigenvalue weighted by molar-refractivity contribution is 7.91. The van der Waals surface area contributed by atoms with E-state index in [1.807, 2.05) is 13.8 Å². The van der Waals surface area contributed by atoms with Crippen LogP contribution in [0.3, 0.4) is 0 Å². The molecule has 0 unspecified atom stereocenters. The fourth-order valence-corrected chi connectivity index (χ4v) is 6.79. The molecule has 0 saturated heterocycles. The van der Waals surface area contributed by atoms with Crippen LogP contribution < -0.4 is 19.8 Å². The van der Waals surface area contributed by atoms with Crippen molar-refractivity contribution in [3.8, 4) is 0 Å². The van der Waals surface area contributed by atoms with E-state index in [4.69, 9.17) is 4.98 Å². The summed E-state index contributed by atoms with van der Waals surface area (Å²) in [5.41, 5.74) is 1.45. The van der Waals surface area contributed by atoms with Crippen molar-refractivity contribution in [2.75, 3.05) is 33.9 Å². The van der Waals surface area contributed by atoms with E-state index in [1.165, 1.54) is 23.1 Å². The molecular weight excluding hydrogens is 557 g/mol. The maximum atomic E-state index is 15.2. The number of carbonyl (C=O) groups excluding carboxylic acids is 1. The molecular formula is C30H38FN7O3S. The second-order valence-corrected chi connectivity index (χ2v) is 13.2. The number of nitrogens with one attached hydrogen (secondary N) is 2. The molecule has 0 atom stereocenters. The molecule has 1 aromatic heterocycles. The third-order valence-corrected chi connectivity index (χ3v) is 9.09. The molecule has 2 aliphatic rings. The maximum Gasteiger partial charge on any atom is 0.330 e. The predicted molar refractivity (Wildman–Crippen MR) is 164 cm³/mol. The minimum atomic E-state index is -3.84. The zero-order valence-corrected chi connectivity index (χ0v) is 25.2. The average Bonchev–Trinajstić information content (AvgIpc) is 2.94. The number of urea groups is 1. The SMILES string of the molecule is CC(C)N1C(=O)N(c2ccc(NS(=O)(=O)Cc3ccccc3)c(F)c2)Cc2cnc(NC3CCC(N(C)C)CC3)nc21. The fourth-order valence-electron chi connectivity index (χ4n) is 5.58. The molecule has 3 aromatic rings. The van der Waals surface area contributed by atoms with E-state index in [0.717, 1.165) is 31.2 Å². The normalized spacial score (nSPS) is 19.3. The Bertz CT molecular complexity index is 1530. The van der Waals surface area contributed by atoms with Crippen molar-refractivity contribution in [1.29, 1.82) is 0 Å². The van der Waals surface area contributed by atoms with Crippen molar-refractivity contribution in [3.63, 3.8) is 0 Å². The van der Waals surface area contributed by atoms with Gasteiger partial charge in [0.15, 0.2) is 0 Å². The van der Waals surface area contributed by atoms with Gasteiger partial charge in [0.25, 0.3) is 0 Å². The maximum absolute atomic E-state index is 15.2. The summed E-state index contributed by atoms with van der Waals surface area (Å²) < 4.78 is 42.8. The van der Waals surface area contributed by atoms with Crippen LogP contribution in [0.15, 0.2) is 54.7 Å². The molecule has 12 heteroatoms. The van der Waals surface area contributed by atoms with Crippen LogP contribution in [0, 0.1) is 5.82 Å². The van der Waals surface area contributed by atoms with E-state index in [9.17, 15) is 13.2 Å². The molecule has 224 valence electrons. The first-order chi connectivity index (χ1) is 20.0. The molecule has 10 nitrogen and oxygen atoms in total. The number of halogens is 1. The van der Waals surface area contributed by atoms with Gasteiger partial charge >= 0.3 is 6.03 Å². The number of amides is 2. The number of carbonyl (C=O) groups is 1. The molecule has 1 saturated carbocycles. The molecule has 2 aromatic carbocycles. The Morgan fingerprint density at radius 2 is 1.79 bits per heavy atom. The third-order valence-electron chi connectivity index (χ3n) is 7.84. The molecule has 2 amide bonds. The summed E-state index contributed by atoms with van der Waals surface area (Å²) in [7, 11) is 0.385. The molecule has 2 N–H and O–H groups in total. The molecule has 0 bridgehead atoms. The van der Waals surface area contributed by atoms with Gasteiger partial charge in [-0.05, 0) is 77.4 Å². The fraction of sp³-hybridized carbons (Fsp3) is 0.433. The second kappa shape index (κ2) is 12.2. The van der Waals surface area contributed by atoms with Gasteiger partial charge in [0.1, 0.15) is 11.6 Å². The van der Waals surface area contributed by atoms with E-state index in [1.54, 1.807) is 41.4 Å². The van der Waals surface area contributed by atoms with Gasteiger partial charge in [0.05, 0.1) is 18.0 Å². The topological polar surface area (TPSA) is 111 Å². The summed E-state index contributed by atoms with van der Waals surface area (Å²) in [6, 6.07) is 13.0. The van der Waals surface area contributed by atoms with Crippen LogP contribution in [0.2, 0.25) is 0 Å². The molecule has 1 aliphatic heterocycles. The highest BCUT2D eigenvalue weighted by atomic mass is 32.2. The number of fused-ring (bicyclic) bond motifs is 1. The van der Waals surface area contributed by atoms with Crippen molar-refractivity contribution in [2.24, 2.45) is 0 Å². The van der Waals surface area contributed by atoms with Crippen LogP contribution in [0.25, 0.3) is 0 Å². The molecule has 42 heavy (non-hydrogen) atoms. The number of hydrogen-bond acceptors (Lipinski definition) is 7.